The van der Waals surface area contributed by atoms with Gasteiger partial charge in [-0.2, -0.15) is 0 Å². The van der Waals surface area contributed by atoms with Crippen LogP contribution in [-0.4, -0.2) is 29.2 Å². The molecule has 0 radical (unpaired) electrons. The normalized spacial score (nSPS) is 25.9. The van der Waals surface area contributed by atoms with Crippen molar-refractivity contribution in [3.05, 3.63) is 35.4 Å². The molecule has 1 aromatic carbocycles. The SMILES string of the molecule is CC(O)c1cccc([C@H]2OC(=O)N(C)[C@H]2C)c1. The molecule has 1 aromatic rings. The summed E-state index contributed by atoms with van der Waals surface area (Å²) >= 11 is 0. The van der Waals surface area contributed by atoms with Gasteiger partial charge in [0.1, 0.15) is 6.10 Å². The van der Waals surface area contributed by atoms with Crippen LogP contribution in [0.2, 0.25) is 0 Å². The molecule has 0 saturated carbocycles. The zero-order chi connectivity index (χ0) is 12.6. The molecular weight excluding hydrogens is 218 g/mol. The summed E-state index contributed by atoms with van der Waals surface area (Å²) in [5, 5.41) is 9.54. The zero-order valence-electron chi connectivity index (χ0n) is 10.3. The van der Waals surface area contributed by atoms with Gasteiger partial charge in [0.05, 0.1) is 12.1 Å². The number of ether oxygens (including phenoxy) is 1. The van der Waals surface area contributed by atoms with E-state index in [9.17, 15) is 9.90 Å². The molecular formula is C13H17NO3. The maximum atomic E-state index is 11.4. The van der Waals surface area contributed by atoms with Crippen molar-refractivity contribution in [3.63, 3.8) is 0 Å². The number of aliphatic hydroxyl groups is 1. The average molecular weight is 235 g/mol. The molecule has 4 heteroatoms. The topological polar surface area (TPSA) is 49.8 Å². The van der Waals surface area contributed by atoms with Gasteiger partial charge in [0.15, 0.2) is 0 Å². The van der Waals surface area contributed by atoms with Crippen molar-refractivity contribution in [2.75, 3.05) is 7.05 Å². The van der Waals surface area contributed by atoms with E-state index in [-0.39, 0.29) is 18.2 Å². The van der Waals surface area contributed by atoms with Gasteiger partial charge >= 0.3 is 6.09 Å². The Morgan fingerprint density at radius 3 is 2.71 bits per heavy atom. The minimum Gasteiger partial charge on any atom is -0.439 e. The summed E-state index contributed by atoms with van der Waals surface area (Å²) in [5.41, 5.74) is 1.76. The first-order valence-electron chi connectivity index (χ1n) is 5.72. The van der Waals surface area contributed by atoms with Gasteiger partial charge in [-0.25, -0.2) is 4.79 Å². The smallest absolute Gasteiger partial charge is 0.410 e. The fourth-order valence-electron chi connectivity index (χ4n) is 2.00. The monoisotopic (exact) mass is 235 g/mol. The van der Waals surface area contributed by atoms with Crippen LogP contribution in [0.3, 0.4) is 0 Å². The predicted molar refractivity (Wildman–Crippen MR) is 63.5 cm³/mol. The van der Waals surface area contributed by atoms with Crippen LogP contribution in [0.4, 0.5) is 4.79 Å². The molecule has 1 N–H and O–H groups in total. The average Bonchev–Trinajstić information content (AvgIpc) is 2.57. The third-order valence-corrected chi connectivity index (χ3v) is 3.29. The lowest BCUT2D eigenvalue weighted by atomic mass is 9.99. The van der Waals surface area contributed by atoms with Crippen LogP contribution in [-0.2, 0) is 4.74 Å². The molecule has 3 atom stereocenters. The van der Waals surface area contributed by atoms with Crippen LogP contribution >= 0.6 is 0 Å². The van der Waals surface area contributed by atoms with Crippen LogP contribution in [0.25, 0.3) is 0 Å². The fourth-order valence-corrected chi connectivity index (χ4v) is 2.00. The summed E-state index contributed by atoms with van der Waals surface area (Å²) in [6.07, 6.45) is -1.07. The Morgan fingerprint density at radius 2 is 2.18 bits per heavy atom. The Morgan fingerprint density at radius 1 is 1.47 bits per heavy atom. The van der Waals surface area contributed by atoms with Crippen molar-refractivity contribution in [2.45, 2.75) is 32.1 Å². The summed E-state index contributed by atoms with van der Waals surface area (Å²) in [5.74, 6) is 0. The summed E-state index contributed by atoms with van der Waals surface area (Å²) in [4.78, 5) is 13.0. The van der Waals surface area contributed by atoms with Gasteiger partial charge in [0.25, 0.3) is 0 Å². The molecule has 1 fully saturated rings. The van der Waals surface area contributed by atoms with E-state index in [1.807, 2.05) is 31.2 Å². The van der Waals surface area contributed by atoms with E-state index in [1.54, 1.807) is 18.9 Å². The molecule has 0 bridgehead atoms. The Labute approximate surface area is 101 Å². The van der Waals surface area contributed by atoms with E-state index in [0.717, 1.165) is 11.1 Å². The van der Waals surface area contributed by atoms with Crippen LogP contribution in [0.5, 0.6) is 0 Å². The van der Waals surface area contributed by atoms with E-state index in [2.05, 4.69) is 0 Å². The van der Waals surface area contributed by atoms with Gasteiger partial charge in [-0.3, -0.25) is 0 Å². The first-order chi connectivity index (χ1) is 8.00. The number of rotatable bonds is 2. The van der Waals surface area contributed by atoms with Gasteiger partial charge in [-0.1, -0.05) is 18.2 Å². The van der Waals surface area contributed by atoms with Crippen LogP contribution < -0.4 is 0 Å². The molecule has 0 aromatic heterocycles. The van der Waals surface area contributed by atoms with Gasteiger partial charge in [0.2, 0.25) is 0 Å². The van der Waals surface area contributed by atoms with Crippen LogP contribution in [0.15, 0.2) is 24.3 Å². The van der Waals surface area contributed by atoms with Gasteiger partial charge in [-0.15, -0.1) is 0 Å². The molecule has 0 aliphatic carbocycles. The van der Waals surface area contributed by atoms with Crippen LogP contribution in [0, 0.1) is 0 Å². The minimum atomic E-state index is -0.514. The number of carbonyl (C=O) groups excluding carboxylic acids is 1. The number of hydrogen-bond acceptors (Lipinski definition) is 3. The lowest BCUT2D eigenvalue weighted by Gasteiger charge is -2.17. The first kappa shape index (κ1) is 11.9. The second-order valence-electron chi connectivity index (χ2n) is 4.50. The molecule has 1 unspecified atom stereocenters. The predicted octanol–water partition coefficient (Wildman–Crippen LogP) is 2.25. The fraction of sp³-hybridized carbons (Fsp3) is 0.462. The number of benzene rings is 1. The van der Waals surface area contributed by atoms with Gasteiger partial charge in [-0.05, 0) is 31.0 Å². The summed E-state index contributed by atoms with van der Waals surface area (Å²) in [7, 11) is 1.73. The molecule has 1 aliphatic heterocycles. The highest BCUT2D eigenvalue weighted by molar-refractivity contribution is 5.70. The quantitative estimate of drug-likeness (QED) is 0.855. The first-order valence-corrected chi connectivity index (χ1v) is 5.72. The number of hydrogen-bond donors (Lipinski definition) is 1. The molecule has 1 amide bonds. The Balaban J connectivity index is 2.29. The highest BCUT2D eigenvalue weighted by atomic mass is 16.6. The molecule has 1 saturated heterocycles. The van der Waals surface area contributed by atoms with E-state index in [1.165, 1.54) is 0 Å². The number of carbonyl (C=O) groups is 1. The van der Waals surface area contributed by atoms with E-state index in [0.29, 0.717) is 0 Å². The van der Waals surface area contributed by atoms with Crippen LogP contribution in [0.1, 0.15) is 37.2 Å². The molecule has 1 heterocycles. The number of likely N-dealkylation sites (N-methyl/N-ethyl adjacent to an activating group) is 1. The largest absolute Gasteiger partial charge is 0.439 e. The lowest BCUT2D eigenvalue weighted by molar-refractivity contribution is 0.131. The van der Waals surface area contributed by atoms with Crippen molar-refractivity contribution in [3.8, 4) is 0 Å². The molecule has 92 valence electrons. The molecule has 17 heavy (non-hydrogen) atoms. The molecule has 2 rings (SSSR count). The maximum absolute atomic E-state index is 11.4. The standard InChI is InChI=1S/C13H17NO3/c1-8-12(17-13(16)14(8)3)11-6-4-5-10(7-11)9(2)15/h4-9,12,15H,1-3H3/t8-,9?,12-/m0/s1. The number of cyclic esters (lactones) is 1. The van der Waals surface area contributed by atoms with Crippen molar-refractivity contribution >= 4 is 6.09 Å². The van der Waals surface area contributed by atoms with Crippen molar-refractivity contribution in [2.24, 2.45) is 0 Å². The van der Waals surface area contributed by atoms with E-state index < -0.39 is 6.10 Å². The number of aliphatic hydroxyl groups excluding tert-OH is 1. The summed E-state index contributed by atoms with van der Waals surface area (Å²) < 4.78 is 5.31. The number of amides is 1. The van der Waals surface area contributed by atoms with Crippen molar-refractivity contribution in [1.82, 2.24) is 4.90 Å². The molecule has 0 spiro atoms. The molecule has 4 nitrogen and oxygen atoms in total. The van der Waals surface area contributed by atoms with Gasteiger partial charge in [0, 0.05) is 7.05 Å². The minimum absolute atomic E-state index is 0.00625. The van der Waals surface area contributed by atoms with Crippen molar-refractivity contribution < 1.29 is 14.6 Å². The molecule has 1 aliphatic rings. The second kappa shape index (κ2) is 4.37. The third-order valence-electron chi connectivity index (χ3n) is 3.29. The second-order valence-corrected chi connectivity index (χ2v) is 4.50. The maximum Gasteiger partial charge on any atom is 0.410 e. The summed E-state index contributed by atoms with van der Waals surface area (Å²) in [6.45, 7) is 3.67. The highest BCUT2D eigenvalue weighted by Crippen LogP contribution is 2.32. The Hall–Kier alpha value is -1.55. The lowest BCUT2D eigenvalue weighted by Crippen LogP contribution is -2.27. The van der Waals surface area contributed by atoms with Crippen molar-refractivity contribution in [1.29, 1.82) is 0 Å². The summed E-state index contributed by atoms with van der Waals surface area (Å²) in [6, 6.07) is 7.54. The Bertz CT molecular complexity index is 430. The zero-order valence-corrected chi connectivity index (χ0v) is 10.3. The van der Waals surface area contributed by atoms with E-state index >= 15 is 0 Å². The van der Waals surface area contributed by atoms with E-state index in [4.69, 9.17) is 4.74 Å². The Kier molecular flexibility index (Phi) is 3.07. The highest BCUT2D eigenvalue weighted by Gasteiger charge is 2.37. The van der Waals surface area contributed by atoms with Gasteiger partial charge < -0.3 is 14.7 Å². The number of nitrogens with zero attached hydrogens (tertiary/aromatic N) is 1. The third kappa shape index (κ3) is 2.13.